The normalized spacial score (nSPS) is 19.4. The molecule has 0 saturated carbocycles. The minimum absolute atomic E-state index is 0.0932. The lowest BCUT2D eigenvalue weighted by atomic mass is 9.94. The van der Waals surface area contributed by atoms with E-state index >= 15 is 0 Å². The van der Waals surface area contributed by atoms with Gasteiger partial charge in [-0.05, 0) is 26.7 Å². The van der Waals surface area contributed by atoms with E-state index in [1.807, 2.05) is 0 Å². The average molecular weight is 162 g/mol. The highest BCUT2D eigenvalue weighted by molar-refractivity contribution is 4.74. The Hall–Kier alpha value is -0.120. The van der Waals surface area contributed by atoms with Crippen molar-refractivity contribution >= 4 is 0 Å². The molecule has 0 rings (SSSR count). The molecule has 0 amide bonds. The van der Waals surface area contributed by atoms with Gasteiger partial charge in [-0.2, -0.15) is 0 Å². The molecule has 0 aliphatic carbocycles. The van der Waals surface area contributed by atoms with Gasteiger partial charge >= 0.3 is 0 Å². The first-order valence-electron chi connectivity index (χ1n) is 3.99. The molecular weight excluding hydrogens is 144 g/mol. The molecule has 3 N–H and O–H groups in total. The Morgan fingerprint density at radius 3 is 2.36 bits per heavy atom. The van der Waals surface area contributed by atoms with Gasteiger partial charge in [0.15, 0.2) is 0 Å². The second-order valence-corrected chi connectivity index (χ2v) is 3.38. The van der Waals surface area contributed by atoms with Crippen LogP contribution in [-0.2, 0) is 0 Å². The van der Waals surface area contributed by atoms with Gasteiger partial charge in [0.25, 0.3) is 0 Å². The standard InChI is InChI=1S/C8H18O3/c1-7(10)6-8(2,11)4-3-5-9/h7,9-11H,3-6H2,1-2H3. The lowest BCUT2D eigenvalue weighted by Crippen LogP contribution is -2.28. The molecule has 2 unspecified atom stereocenters. The summed E-state index contributed by atoms with van der Waals surface area (Å²) in [5.74, 6) is 0. The summed E-state index contributed by atoms with van der Waals surface area (Å²) in [6.07, 6.45) is 1.00. The summed E-state index contributed by atoms with van der Waals surface area (Å²) in [5.41, 5.74) is -0.836. The van der Waals surface area contributed by atoms with Crippen LogP contribution in [0.4, 0.5) is 0 Å². The van der Waals surface area contributed by atoms with Crippen LogP contribution in [0.1, 0.15) is 33.1 Å². The van der Waals surface area contributed by atoms with Gasteiger partial charge in [-0.15, -0.1) is 0 Å². The van der Waals surface area contributed by atoms with Crippen molar-refractivity contribution in [1.82, 2.24) is 0 Å². The van der Waals surface area contributed by atoms with Gasteiger partial charge in [0, 0.05) is 13.0 Å². The third kappa shape index (κ3) is 6.28. The van der Waals surface area contributed by atoms with Gasteiger partial charge in [0.2, 0.25) is 0 Å². The maximum atomic E-state index is 9.54. The summed E-state index contributed by atoms with van der Waals surface area (Å²) >= 11 is 0. The second-order valence-electron chi connectivity index (χ2n) is 3.38. The largest absolute Gasteiger partial charge is 0.396 e. The van der Waals surface area contributed by atoms with Crippen LogP contribution in [0.3, 0.4) is 0 Å². The van der Waals surface area contributed by atoms with Crippen LogP contribution in [0, 0.1) is 0 Å². The van der Waals surface area contributed by atoms with E-state index in [0.29, 0.717) is 19.3 Å². The molecule has 0 spiro atoms. The molecule has 0 fully saturated rings. The summed E-state index contributed by atoms with van der Waals surface area (Å²) in [7, 11) is 0. The molecule has 0 saturated heterocycles. The van der Waals surface area contributed by atoms with E-state index in [0.717, 1.165) is 0 Å². The quantitative estimate of drug-likeness (QED) is 0.544. The van der Waals surface area contributed by atoms with Crippen LogP contribution in [0.2, 0.25) is 0 Å². The monoisotopic (exact) mass is 162 g/mol. The van der Waals surface area contributed by atoms with Gasteiger partial charge in [-0.1, -0.05) is 0 Å². The second kappa shape index (κ2) is 4.70. The number of aliphatic hydroxyl groups is 3. The Labute approximate surface area is 67.7 Å². The highest BCUT2D eigenvalue weighted by Gasteiger charge is 2.21. The molecule has 0 aromatic heterocycles. The maximum absolute atomic E-state index is 9.54. The van der Waals surface area contributed by atoms with Gasteiger partial charge in [-0.25, -0.2) is 0 Å². The van der Waals surface area contributed by atoms with Crippen molar-refractivity contribution < 1.29 is 15.3 Å². The summed E-state index contributed by atoms with van der Waals surface area (Å²) in [4.78, 5) is 0. The number of hydrogen-bond acceptors (Lipinski definition) is 3. The van der Waals surface area contributed by atoms with E-state index in [1.54, 1.807) is 13.8 Å². The third-order valence-electron chi connectivity index (χ3n) is 1.61. The van der Waals surface area contributed by atoms with Gasteiger partial charge < -0.3 is 15.3 Å². The fourth-order valence-electron chi connectivity index (χ4n) is 1.20. The number of rotatable bonds is 5. The first-order valence-corrected chi connectivity index (χ1v) is 3.99. The first kappa shape index (κ1) is 10.9. The van der Waals surface area contributed by atoms with Crippen molar-refractivity contribution in [3.63, 3.8) is 0 Å². The Morgan fingerprint density at radius 2 is 2.00 bits per heavy atom. The molecule has 0 aromatic rings. The maximum Gasteiger partial charge on any atom is 0.0645 e. The van der Waals surface area contributed by atoms with Crippen LogP contribution >= 0.6 is 0 Å². The fraction of sp³-hybridized carbons (Fsp3) is 1.00. The van der Waals surface area contributed by atoms with E-state index in [-0.39, 0.29) is 6.61 Å². The van der Waals surface area contributed by atoms with Crippen LogP contribution < -0.4 is 0 Å². The number of aliphatic hydroxyl groups excluding tert-OH is 2. The topological polar surface area (TPSA) is 60.7 Å². The van der Waals surface area contributed by atoms with Crippen LogP contribution in [0.15, 0.2) is 0 Å². The molecule has 2 atom stereocenters. The fourth-order valence-corrected chi connectivity index (χ4v) is 1.20. The molecule has 0 radical (unpaired) electrons. The zero-order valence-corrected chi connectivity index (χ0v) is 7.25. The molecule has 0 bridgehead atoms. The minimum atomic E-state index is -0.836. The van der Waals surface area contributed by atoms with Crippen molar-refractivity contribution in [3.05, 3.63) is 0 Å². The third-order valence-corrected chi connectivity index (χ3v) is 1.61. The van der Waals surface area contributed by atoms with E-state index in [1.165, 1.54) is 0 Å². The summed E-state index contributed by atoms with van der Waals surface area (Å²) < 4.78 is 0. The Kier molecular flexibility index (Phi) is 4.65. The average Bonchev–Trinajstić information content (AvgIpc) is 1.81. The van der Waals surface area contributed by atoms with Crippen molar-refractivity contribution in [2.24, 2.45) is 0 Å². The van der Waals surface area contributed by atoms with E-state index in [4.69, 9.17) is 10.2 Å². The molecule has 3 heteroatoms. The molecule has 68 valence electrons. The smallest absolute Gasteiger partial charge is 0.0645 e. The van der Waals surface area contributed by atoms with Crippen molar-refractivity contribution in [1.29, 1.82) is 0 Å². The molecule has 0 heterocycles. The van der Waals surface area contributed by atoms with E-state index < -0.39 is 11.7 Å². The lowest BCUT2D eigenvalue weighted by molar-refractivity contribution is -0.00167. The highest BCUT2D eigenvalue weighted by Crippen LogP contribution is 2.17. The highest BCUT2D eigenvalue weighted by atomic mass is 16.3. The van der Waals surface area contributed by atoms with Crippen LogP contribution in [0.25, 0.3) is 0 Å². The molecule has 0 aliphatic rings. The molecule has 0 aliphatic heterocycles. The summed E-state index contributed by atoms with van der Waals surface area (Å²) in [5, 5.41) is 27.0. The van der Waals surface area contributed by atoms with Crippen LogP contribution in [-0.4, -0.2) is 33.6 Å². The van der Waals surface area contributed by atoms with Crippen molar-refractivity contribution in [2.45, 2.75) is 44.8 Å². The Bertz CT molecular complexity index is 99.5. The lowest BCUT2D eigenvalue weighted by Gasteiger charge is -2.24. The van der Waals surface area contributed by atoms with Gasteiger partial charge in [0.05, 0.1) is 11.7 Å². The van der Waals surface area contributed by atoms with E-state index in [2.05, 4.69) is 0 Å². The zero-order valence-electron chi connectivity index (χ0n) is 7.25. The van der Waals surface area contributed by atoms with Crippen molar-refractivity contribution in [2.75, 3.05) is 6.61 Å². The zero-order chi connectivity index (χ0) is 8.91. The predicted octanol–water partition coefficient (Wildman–Crippen LogP) is 0.281. The summed E-state index contributed by atoms with van der Waals surface area (Å²) in [6.45, 7) is 3.42. The van der Waals surface area contributed by atoms with Gasteiger partial charge in [-0.3, -0.25) is 0 Å². The SMILES string of the molecule is CC(O)CC(C)(O)CCCO. The molecular formula is C8H18O3. The summed E-state index contributed by atoms with van der Waals surface area (Å²) in [6, 6.07) is 0. The Morgan fingerprint density at radius 1 is 1.45 bits per heavy atom. The van der Waals surface area contributed by atoms with Gasteiger partial charge in [0.1, 0.15) is 0 Å². The molecule has 0 aromatic carbocycles. The number of hydrogen-bond donors (Lipinski definition) is 3. The predicted molar refractivity (Wildman–Crippen MR) is 43.2 cm³/mol. The minimum Gasteiger partial charge on any atom is -0.396 e. The molecule has 3 nitrogen and oxygen atoms in total. The van der Waals surface area contributed by atoms with Crippen LogP contribution in [0.5, 0.6) is 0 Å². The first-order chi connectivity index (χ1) is 4.98. The Balaban J connectivity index is 3.61. The van der Waals surface area contributed by atoms with Crippen molar-refractivity contribution in [3.8, 4) is 0 Å². The van der Waals surface area contributed by atoms with E-state index in [9.17, 15) is 5.11 Å². The molecule has 11 heavy (non-hydrogen) atoms.